The molecule has 0 aromatic heterocycles. The van der Waals surface area contributed by atoms with E-state index >= 15 is 0 Å². The predicted octanol–water partition coefficient (Wildman–Crippen LogP) is 2.61. The van der Waals surface area contributed by atoms with Crippen molar-refractivity contribution in [3.8, 4) is 5.75 Å². The second-order valence-electron chi connectivity index (χ2n) is 6.77. The number of likely N-dealkylation sites (tertiary alicyclic amines) is 1. The van der Waals surface area contributed by atoms with Gasteiger partial charge in [-0.25, -0.2) is 0 Å². The summed E-state index contributed by atoms with van der Waals surface area (Å²) >= 11 is 0. The average molecular weight is 288 g/mol. The van der Waals surface area contributed by atoms with E-state index in [1.807, 2.05) is 0 Å². The van der Waals surface area contributed by atoms with Crippen molar-refractivity contribution in [2.24, 2.45) is 11.8 Å². The molecular formula is C18H28N2O. The van der Waals surface area contributed by atoms with E-state index in [1.54, 1.807) is 0 Å². The van der Waals surface area contributed by atoms with Crippen molar-refractivity contribution in [1.82, 2.24) is 10.2 Å². The van der Waals surface area contributed by atoms with Crippen molar-refractivity contribution in [1.29, 1.82) is 0 Å². The van der Waals surface area contributed by atoms with Gasteiger partial charge in [-0.1, -0.05) is 6.07 Å². The molecule has 1 N–H and O–H groups in total. The van der Waals surface area contributed by atoms with Gasteiger partial charge in [-0.15, -0.1) is 0 Å². The number of rotatable bonds is 5. The lowest BCUT2D eigenvalue weighted by Crippen LogP contribution is -2.34. The highest BCUT2D eigenvalue weighted by Crippen LogP contribution is 2.32. The molecule has 3 unspecified atom stereocenters. The number of hydrogen-bond donors (Lipinski definition) is 1. The second kappa shape index (κ2) is 6.37. The van der Waals surface area contributed by atoms with Crippen LogP contribution >= 0.6 is 0 Å². The van der Waals surface area contributed by atoms with Gasteiger partial charge in [-0.2, -0.15) is 0 Å². The van der Waals surface area contributed by atoms with Crippen molar-refractivity contribution in [2.75, 3.05) is 32.8 Å². The lowest BCUT2D eigenvalue weighted by Gasteiger charge is -2.24. The minimum atomic E-state index is 0.728. The first-order valence-corrected chi connectivity index (χ1v) is 8.30. The monoisotopic (exact) mass is 288 g/mol. The molecule has 2 heterocycles. The van der Waals surface area contributed by atoms with E-state index in [4.69, 9.17) is 4.74 Å². The molecule has 1 aromatic rings. The van der Waals surface area contributed by atoms with E-state index in [1.165, 1.54) is 37.3 Å². The third-order valence-corrected chi connectivity index (χ3v) is 5.39. The van der Waals surface area contributed by atoms with E-state index in [0.29, 0.717) is 0 Å². The van der Waals surface area contributed by atoms with Crippen molar-refractivity contribution >= 4 is 0 Å². The molecule has 3 rings (SSSR count). The summed E-state index contributed by atoms with van der Waals surface area (Å²) in [7, 11) is 0. The minimum absolute atomic E-state index is 0.728. The van der Waals surface area contributed by atoms with Crippen molar-refractivity contribution in [3.05, 3.63) is 29.3 Å². The Labute approximate surface area is 128 Å². The first-order valence-electron chi connectivity index (χ1n) is 8.30. The summed E-state index contributed by atoms with van der Waals surface area (Å²) in [6, 6.07) is 7.09. The topological polar surface area (TPSA) is 24.5 Å². The molecule has 2 fully saturated rings. The SMILES string of the molecule is Cc1ccc(OCCCN2CC3CNCC3C2C)cc1C. The molecule has 2 saturated heterocycles. The summed E-state index contributed by atoms with van der Waals surface area (Å²) in [5.74, 6) is 2.75. The molecule has 116 valence electrons. The van der Waals surface area contributed by atoms with E-state index in [-0.39, 0.29) is 0 Å². The van der Waals surface area contributed by atoms with Crippen LogP contribution in [0.25, 0.3) is 0 Å². The molecule has 2 aliphatic rings. The maximum atomic E-state index is 5.89. The number of nitrogens with one attached hydrogen (secondary N) is 1. The first kappa shape index (κ1) is 14.9. The molecule has 0 bridgehead atoms. The van der Waals surface area contributed by atoms with Gasteiger partial charge in [-0.3, -0.25) is 4.90 Å². The molecule has 1 aromatic carbocycles. The highest BCUT2D eigenvalue weighted by molar-refractivity contribution is 5.33. The van der Waals surface area contributed by atoms with Crippen LogP contribution in [0.2, 0.25) is 0 Å². The molecule has 0 radical (unpaired) electrons. The van der Waals surface area contributed by atoms with Gasteiger partial charge < -0.3 is 10.1 Å². The molecule has 0 saturated carbocycles. The fourth-order valence-corrected chi connectivity index (χ4v) is 3.81. The molecule has 3 nitrogen and oxygen atoms in total. The number of ether oxygens (including phenoxy) is 1. The number of nitrogens with zero attached hydrogens (tertiary/aromatic N) is 1. The molecular weight excluding hydrogens is 260 g/mol. The Morgan fingerprint density at radius 1 is 1.24 bits per heavy atom. The van der Waals surface area contributed by atoms with Crippen LogP contribution in [0.4, 0.5) is 0 Å². The number of aryl methyl sites for hydroxylation is 2. The van der Waals surface area contributed by atoms with E-state index < -0.39 is 0 Å². The molecule has 3 heteroatoms. The Kier molecular flexibility index (Phi) is 4.51. The number of hydrogen-bond acceptors (Lipinski definition) is 3. The normalized spacial score (nSPS) is 28.8. The van der Waals surface area contributed by atoms with Gasteiger partial charge in [0, 0.05) is 19.1 Å². The summed E-state index contributed by atoms with van der Waals surface area (Å²) in [6.45, 7) is 12.3. The van der Waals surface area contributed by atoms with Crippen LogP contribution in [-0.2, 0) is 0 Å². The lowest BCUT2D eigenvalue weighted by atomic mass is 9.95. The standard InChI is InChI=1S/C18H28N2O/c1-13-5-6-17(9-14(13)2)21-8-4-7-20-12-16-10-19-11-18(16)15(20)3/h5-6,9,15-16,18-19H,4,7-8,10-12H2,1-3H3. The number of benzene rings is 1. The van der Waals surface area contributed by atoms with Crippen LogP contribution in [0.5, 0.6) is 5.75 Å². The van der Waals surface area contributed by atoms with Crippen LogP contribution in [-0.4, -0.2) is 43.7 Å². The van der Waals surface area contributed by atoms with E-state index in [0.717, 1.165) is 36.7 Å². The van der Waals surface area contributed by atoms with Crippen molar-refractivity contribution in [3.63, 3.8) is 0 Å². The minimum Gasteiger partial charge on any atom is -0.494 e. The highest BCUT2D eigenvalue weighted by atomic mass is 16.5. The lowest BCUT2D eigenvalue weighted by molar-refractivity contribution is 0.212. The van der Waals surface area contributed by atoms with E-state index in [2.05, 4.69) is 49.2 Å². The summed E-state index contributed by atoms with van der Waals surface area (Å²) in [5, 5.41) is 3.52. The van der Waals surface area contributed by atoms with Crippen LogP contribution < -0.4 is 10.1 Å². The summed E-state index contributed by atoms with van der Waals surface area (Å²) in [6.07, 6.45) is 1.12. The average Bonchev–Trinajstić information content (AvgIpc) is 3.03. The molecule has 3 atom stereocenters. The zero-order valence-corrected chi connectivity index (χ0v) is 13.6. The largest absolute Gasteiger partial charge is 0.494 e. The molecule has 2 aliphatic heterocycles. The first-order chi connectivity index (χ1) is 10.1. The molecule has 0 aliphatic carbocycles. The Balaban J connectivity index is 1.41. The van der Waals surface area contributed by atoms with Crippen LogP contribution in [0.3, 0.4) is 0 Å². The van der Waals surface area contributed by atoms with Crippen LogP contribution in [0.15, 0.2) is 18.2 Å². The second-order valence-corrected chi connectivity index (χ2v) is 6.77. The van der Waals surface area contributed by atoms with Crippen LogP contribution in [0, 0.1) is 25.7 Å². The molecule has 21 heavy (non-hydrogen) atoms. The Hall–Kier alpha value is -1.06. The number of fused-ring (bicyclic) bond motifs is 1. The zero-order valence-electron chi connectivity index (χ0n) is 13.6. The van der Waals surface area contributed by atoms with Crippen LogP contribution in [0.1, 0.15) is 24.5 Å². The Morgan fingerprint density at radius 3 is 2.86 bits per heavy atom. The fourth-order valence-electron chi connectivity index (χ4n) is 3.81. The Bertz CT molecular complexity index is 488. The smallest absolute Gasteiger partial charge is 0.119 e. The van der Waals surface area contributed by atoms with Gasteiger partial charge >= 0.3 is 0 Å². The van der Waals surface area contributed by atoms with Gasteiger partial charge in [0.1, 0.15) is 5.75 Å². The molecule has 0 amide bonds. The van der Waals surface area contributed by atoms with Gasteiger partial charge in [0.15, 0.2) is 0 Å². The zero-order chi connectivity index (χ0) is 14.8. The third-order valence-electron chi connectivity index (χ3n) is 5.39. The van der Waals surface area contributed by atoms with Crippen molar-refractivity contribution in [2.45, 2.75) is 33.2 Å². The van der Waals surface area contributed by atoms with Gasteiger partial charge in [0.05, 0.1) is 6.61 Å². The van der Waals surface area contributed by atoms with E-state index in [9.17, 15) is 0 Å². The maximum absolute atomic E-state index is 5.89. The highest BCUT2D eigenvalue weighted by Gasteiger charge is 2.41. The molecule has 0 spiro atoms. The summed E-state index contributed by atoms with van der Waals surface area (Å²) in [4.78, 5) is 2.65. The summed E-state index contributed by atoms with van der Waals surface area (Å²) < 4.78 is 5.89. The maximum Gasteiger partial charge on any atom is 0.119 e. The Morgan fingerprint density at radius 2 is 2.10 bits per heavy atom. The van der Waals surface area contributed by atoms with Gasteiger partial charge in [0.25, 0.3) is 0 Å². The fraction of sp³-hybridized carbons (Fsp3) is 0.667. The quantitative estimate of drug-likeness (QED) is 0.843. The van der Waals surface area contributed by atoms with Gasteiger partial charge in [-0.05, 0) is 75.4 Å². The van der Waals surface area contributed by atoms with Crippen molar-refractivity contribution < 1.29 is 4.74 Å². The summed E-state index contributed by atoms with van der Waals surface area (Å²) in [5.41, 5.74) is 2.63. The third kappa shape index (κ3) is 3.24. The van der Waals surface area contributed by atoms with Gasteiger partial charge in [0.2, 0.25) is 0 Å². The predicted molar refractivity (Wildman–Crippen MR) is 86.9 cm³/mol.